The monoisotopic (exact) mass is 391 g/mol. The molecule has 1 aliphatic heterocycles. The maximum absolute atomic E-state index is 12.8. The molecule has 3 heterocycles. The first-order chi connectivity index (χ1) is 14.2. The Balaban J connectivity index is 1.51. The molecular weight excluding hydrogens is 370 g/mol. The lowest BCUT2D eigenvalue weighted by Crippen LogP contribution is -2.40. The van der Waals surface area contributed by atoms with E-state index in [9.17, 15) is 9.59 Å². The number of aromatic nitrogens is 4. The van der Waals surface area contributed by atoms with Crippen molar-refractivity contribution in [1.82, 2.24) is 24.9 Å². The van der Waals surface area contributed by atoms with E-state index in [0.29, 0.717) is 29.1 Å². The van der Waals surface area contributed by atoms with E-state index in [1.54, 1.807) is 23.0 Å². The Hall–Kier alpha value is -3.55. The molecular formula is C21H21N5O3. The molecule has 148 valence electrons. The number of hydrogen-bond donors (Lipinski definition) is 0. The smallest absolute Gasteiger partial charge is 0.337 e. The van der Waals surface area contributed by atoms with Crippen molar-refractivity contribution >= 4 is 11.9 Å². The van der Waals surface area contributed by atoms with E-state index in [2.05, 4.69) is 15.3 Å². The molecule has 0 radical (unpaired) electrons. The van der Waals surface area contributed by atoms with E-state index in [1.165, 1.54) is 7.11 Å². The van der Waals surface area contributed by atoms with Crippen molar-refractivity contribution < 1.29 is 14.3 Å². The average Bonchev–Trinajstić information content (AvgIpc) is 3.29. The van der Waals surface area contributed by atoms with E-state index < -0.39 is 5.97 Å². The van der Waals surface area contributed by atoms with Crippen LogP contribution in [0.2, 0.25) is 0 Å². The fourth-order valence-corrected chi connectivity index (χ4v) is 3.51. The third-order valence-corrected chi connectivity index (χ3v) is 5.03. The van der Waals surface area contributed by atoms with Gasteiger partial charge in [0.25, 0.3) is 5.91 Å². The first kappa shape index (κ1) is 18.8. The highest BCUT2D eigenvalue weighted by atomic mass is 16.5. The summed E-state index contributed by atoms with van der Waals surface area (Å²) >= 11 is 0. The van der Waals surface area contributed by atoms with Crippen molar-refractivity contribution in [2.24, 2.45) is 0 Å². The van der Waals surface area contributed by atoms with Gasteiger partial charge in [0.1, 0.15) is 5.69 Å². The number of ether oxygens (including phenoxy) is 1. The van der Waals surface area contributed by atoms with Crippen molar-refractivity contribution in [3.63, 3.8) is 0 Å². The molecule has 2 aromatic heterocycles. The zero-order chi connectivity index (χ0) is 20.2. The first-order valence-electron chi connectivity index (χ1n) is 9.46. The van der Waals surface area contributed by atoms with Gasteiger partial charge >= 0.3 is 5.97 Å². The zero-order valence-electron chi connectivity index (χ0n) is 16.1. The Labute approximate surface area is 168 Å². The summed E-state index contributed by atoms with van der Waals surface area (Å²) in [5.74, 6) is -0.397. The summed E-state index contributed by atoms with van der Waals surface area (Å²) in [6.45, 7) is 1.31. The molecule has 0 aliphatic carbocycles. The lowest BCUT2D eigenvalue weighted by molar-refractivity contribution is 0.0600. The predicted octanol–water partition coefficient (Wildman–Crippen LogP) is 2.60. The molecule has 0 N–H and O–H groups in total. The molecule has 29 heavy (non-hydrogen) atoms. The van der Waals surface area contributed by atoms with Crippen molar-refractivity contribution in [3.8, 4) is 11.4 Å². The molecule has 3 aromatic rings. The molecule has 1 unspecified atom stereocenters. The van der Waals surface area contributed by atoms with Gasteiger partial charge in [0.2, 0.25) is 0 Å². The number of hydrogen-bond acceptors (Lipinski definition) is 6. The largest absolute Gasteiger partial charge is 0.465 e. The van der Waals surface area contributed by atoms with Gasteiger partial charge in [-0.3, -0.25) is 9.78 Å². The maximum atomic E-state index is 12.8. The number of nitrogens with zero attached hydrogens (tertiary/aromatic N) is 5. The van der Waals surface area contributed by atoms with Crippen LogP contribution >= 0.6 is 0 Å². The van der Waals surface area contributed by atoms with Gasteiger partial charge in [0, 0.05) is 24.8 Å². The Kier molecular flexibility index (Phi) is 5.33. The molecule has 8 heteroatoms. The molecule has 1 aliphatic rings. The number of pyridine rings is 1. The van der Waals surface area contributed by atoms with Gasteiger partial charge < -0.3 is 9.64 Å². The van der Waals surface area contributed by atoms with E-state index in [4.69, 9.17) is 4.74 Å². The Morgan fingerprint density at radius 1 is 1.10 bits per heavy atom. The van der Waals surface area contributed by atoms with Gasteiger partial charge in [-0.15, -0.1) is 5.10 Å². The number of benzene rings is 1. The molecule has 1 fully saturated rings. The number of methoxy groups -OCH3 is 1. The minimum atomic E-state index is -0.427. The van der Waals surface area contributed by atoms with Crippen LogP contribution in [0.5, 0.6) is 0 Å². The number of carbonyl (C=O) groups excluding carboxylic acids is 2. The maximum Gasteiger partial charge on any atom is 0.337 e. The molecule has 1 atom stereocenters. The van der Waals surface area contributed by atoms with Crippen LogP contribution in [0, 0.1) is 0 Å². The van der Waals surface area contributed by atoms with Crippen LogP contribution in [0.3, 0.4) is 0 Å². The first-order valence-corrected chi connectivity index (χ1v) is 9.46. The summed E-state index contributed by atoms with van der Waals surface area (Å²) in [6, 6.07) is 12.6. The second-order valence-electron chi connectivity index (χ2n) is 6.92. The molecule has 8 nitrogen and oxygen atoms in total. The van der Waals surface area contributed by atoms with Crippen LogP contribution in [0.15, 0.2) is 54.9 Å². The van der Waals surface area contributed by atoms with Crippen LogP contribution < -0.4 is 0 Å². The normalized spacial score (nSPS) is 16.4. The van der Waals surface area contributed by atoms with Crippen LogP contribution in [-0.4, -0.2) is 57.0 Å². The van der Waals surface area contributed by atoms with Crippen molar-refractivity contribution in [2.75, 3.05) is 20.2 Å². The zero-order valence-corrected chi connectivity index (χ0v) is 16.1. The second-order valence-corrected chi connectivity index (χ2v) is 6.92. The molecule has 0 saturated carbocycles. The van der Waals surface area contributed by atoms with Crippen LogP contribution in [0.4, 0.5) is 0 Å². The predicted molar refractivity (Wildman–Crippen MR) is 105 cm³/mol. The highest BCUT2D eigenvalue weighted by Gasteiger charge is 2.26. The van der Waals surface area contributed by atoms with E-state index >= 15 is 0 Å². The van der Waals surface area contributed by atoms with Gasteiger partial charge in [0.05, 0.1) is 30.6 Å². The van der Waals surface area contributed by atoms with Gasteiger partial charge in [-0.05, 0) is 37.1 Å². The number of rotatable bonds is 4. The van der Waals surface area contributed by atoms with Gasteiger partial charge in [-0.2, -0.15) is 0 Å². The molecule has 0 spiro atoms. The summed E-state index contributed by atoms with van der Waals surface area (Å²) in [6.07, 6.45) is 5.16. The van der Waals surface area contributed by atoms with E-state index in [0.717, 1.165) is 19.4 Å². The summed E-state index contributed by atoms with van der Waals surface area (Å²) in [5, 5.41) is 8.46. The van der Waals surface area contributed by atoms with Crippen molar-refractivity contribution in [2.45, 2.75) is 18.9 Å². The van der Waals surface area contributed by atoms with Gasteiger partial charge in [-0.25, -0.2) is 9.48 Å². The summed E-state index contributed by atoms with van der Waals surface area (Å²) < 4.78 is 6.54. The van der Waals surface area contributed by atoms with E-state index in [1.807, 2.05) is 41.4 Å². The van der Waals surface area contributed by atoms with E-state index in [-0.39, 0.29) is 11.9 Å². The average molecular weight is 391 g/mol. The fourth-order valence-electron chi connectivity index (χ4n) is 3.51. The van der Waals surface area contributed by atoms with Crippen LogP contribution in [0.25, 0.3) is 11.4 Å². The topological polar surface area (TPSA) is 90.2 Å². The second kappa shape index (κ2) is 8.22. The lowest BCUT2D eigenvalue weighted by Gasteiger charge is -2.32. The quantitative estimate of drug-likeness (QED) is 0.635. The Morgan fingerprint density at radius 2 is 1.93 bits per heavy atom. The van der Waals surface area contributed by atoms with Crippen molar-refractivity contribution in [1.29, 1.82) is 0 Å². The molecule has 1 amide bonds. The number of carbonyl (C=O) groups is 2. The van der Waals surface area contributed by atoms with Gasteiger partial charge in [-0.1, -0.05) is 23.4 Å². The number of amides is 1. The van der Waals surface area contributed by atoms with Crippen LogP contribution in [0.1, 0.15) is 39.6 Å². The SMILES string of the molecule is COC(=O)c1ccnc(-c2cn(C3CCCN(C(=O)c4ccccc4)C3)nn2)c1. The van der Waals surface area contributed by atoms with Crippen molar-refractivity contribution in [3.05, 3.63) is 66.0 Å². The third kappa shape index (κ3) is 4.01. The third-order valence-electron chi connectivity index (χ3n) is 5.03. The standard InChI is InChI=1S/C21H21N5O3/c1-29-21(28)16-9-10-22-18(12-16)19-14-26(24-23-19)17-8-5-11-25(13-17)20(27)15-6-3-2-4-7-15/h2-4,6-7,9-10,12,14,17H,5,8,11,13H2,1H3. The Bertz CT molecular complexity index is 1020. The fraction of sp³-hybridized carbons (Fsp3) is 0.286. The number of esters is 1. The summed E-state index contributed by atoms with van der Waals surface area (Å²) in [7, 11) is 1.34. The molecule has 1 aromatic carbocycles. The molecule has 4 rings (SSSR count). The molecule has 1 saturated heterocycles. The summed E-state index contributed by atoms with van der Waals surface area (Å²) in [5.41, 5.74) is 2.22. The van der Waals surface area contributed by atoms with Crippen LogP contribution in [-0.2, 0) is 4.74 Å². The minimum absolute atomic E-state index is 0.0306. The number of likely N-dealkylation sites (tertiary alicyclic amines) is 1. The van der Waals surface area contributed by atoms with Gasteiger partial charge in [0.15, 0.2) is 0 Å². The lowest BCUT2D eigenvalue weighted by atomic mass is 10.0. The minimum Gasteiger partial charge on any atom is -0.465 e. The number of piperidine rings is 1. The summed E-state index contributed by atoms with van der Waals surface area (Å²) in [4.78, 5) is 30.6. The molecule has 0 bridgehead atoms. The Morgan fingerprint density at radius 3 is 2.72 bits per heavy atom. The highest BCUT2D eigenvalue weighted by molar-refractivity contribution is 5.94. The highest BCUT2D eigenvalue weighted by Crippen LogP contribution is 2.24.